The van der Waals surface area contributed by atoms with Crippen molar-refractivity contribution in [2.75, 3.05) is 6.54 Å². The number of nitrogens with one attached hydrogen (secondary N) is 3. The summed E-state index contributed by atoms with van der Waals surface area (Å²) in [6.07, 6.45) is 2.47. The molecule has 2 aliphatic carbocycles. The van der Waals surface area contributed by atoms with Crippen LogP contribution in [0, 0.1) is 28.6 Å². The second-order valence-electron chi connectivity index (χ2n) is 13.6. The van der Waals surface area contributed by atoms with Gasteiger partial charge in [0, 0.05) is 6.54 Å². The molecule has 0 bridgehead atoms. The minimum atomic E-state index is -1.33. The molecule has 1 aliphatic heterocycles. The van der Waals surface area contributed by atoms with E-state index in [-0.39, 0.29) is 29.1 Å². The average Bonchev–Trinajstić information content (AvgIpc) is 3.06. The first kappa shape index (κ1) is 28.9. The van der Waals surface area contributed by atoms with Crippen molar-refractivity contribution in [2.45, 2.75) is 105 Å². The predicted octanol–water partition coefficient (Wildman–Crippen LogP) is 2.46. The highest BCUT2D eigenvalue weighted by molar-refractivity contribution is 6.37. The molecule has 10 heteroatoms. The summed E-state index contributed by atoms with van der Waals surface area (Å²) in [7, 11) is 0. The number of alkyl carbamates (subject to hydrolysis) is 1. The number of carbonyl (C=O) groups excluding carboxylic acids is 5. The van der Waals surface area contributed by atoms with Crippen molar-refractivity contribution in [2.24, 2.45) is 28.6 Å². The zero-order chi connectivity index (χ0) is 28.1. The molecule has 0 aromatic carbocycles. The molecule has 207 valence electrons. The zero-order valence-electron chi connectivity index (χ0n) is 23.4. The zero-order valence-corrected chi connectivity index (χ0v) is 23.4. The van der Waals surface area contributed by atoms with Gasteiger partial charge in [-0.1, -0.05) is 53.9 Å². The van der Waals surface area contributed by atoms with Gasteiger partial charge >= 0.3 is 12.0 Å². The van der Waals surface area contributed by atoms with E-state index < -0.39 is 52.8 Å². The first-order valence-electron chi connectivity index (χ1n) is 13.2. The third-order valence-electron chi connectivity index (χ3n) is 8.18. The van der Waals surface area contributed by atoms with Crippen LogP contribution in [0.25, 0.3) is 0 Å². The Morgan fingerprint density at radius 1 is 1.03 bits per heavy atom. The number of fused-ring (bicyclic) bond motifs is 1. The molecule has 3 N–H and O–H groups in total. The van der Waals surface area contributed by atoms with E-state index in [1.807, 2.05) is 20.8 Å². The van der Waals surface area contributed by atoms with E-state index in [0.717, 1.165) is 19.3 Å². The number of rotatable bonds is 8. The Balaban J connectivity index is 1.83. The summed E-state index contributed by atoms with van der Waals surface area (Å²) in [5, 5.41) is 5.44. The van der Waals surface area contributed by atoms with Crippen LogP contribution in [-0.4, -0.2) is 64.8 Å². The van der Waals surface area contributed by atoms with E-state index in [0.29, 0.717) is 13.0 Å². The van der Waals surface area contributed by atoms with E-state index in [2.05, 4.69) is 24.5 Å². The summed E-state index contributed by atoms with van der Waals surface area (Å²) < 4.78 is 5.38. The molecule has 1 saturated heterocycles. The quantitative estimate of drug-likeness (QED) is 0.471. The molecule has 10 nitrogen and oxygen atoms in total. The lowest BCUT2D eigenvalue weighted by Gasteiger charge is -2.38. The summed E-state index contributed by atoms with van der Waals surface area (Å²) in [6, 6.07) is -2.85. The normalized spacial score (nSPS) is 26.3. The summed E-state index contributed by atoms with van der Waals surface area (Å²) >= 11 is 0. The maximum absolute atomic E-state index is 13.9. The van der Waals surface area contributed by atoms with Crippen molar-refractivity contribution < 1.29 is 28.7 Å². The standard InChI is InChI=1S/C27H43N4O6/c1-25(2,3)20(30-24(36)37-26(4,5)6)23(35)31-13-15-17(27(15,7)8)18(31)22(34)29-16(19(32)21(28)33)12-14-10-9-11-14/h14-18,20,28H,9-13H2,1-8H3,(H,29,34)(H,30,36)/t15-,16?,17-,18-,20+/m0/s1. The van der Waals surface area contributed by atoms with Crippen LogP contribution in [0.1, 0.15) is 81.1 Å². The molecule has 1 heterocycles. The molecule has 5 atom stereocenters. The Labute approximate surface area is 219 Å². The maximum Gasteiger partial charge on any atom is 0.408 e. The fourth-order valence-corrected chi connectivity index (χ4v) is 5.76. The highest BCUT2D eigenvalue weighted by atomic mass is 16.6. The largest absolute Gasteiger partial charge is 0.444 e. The van der Waals surface area contributed by atoms with E-state index in [4.69, 9.17) is 10.5 Å². The van der Waals surface area contributed by atoms with Gasteiger partial charge in [0.15, 0.2) is 0 Å². The number of ether oxygens (including phenoxy) is 1. The summed E-state index contributed by atoms with van der Waals surface area (Å²) in [4.78, 5) is 65.7. The predicted molar refractivity (Wildman–Crippen MR) is 136 cm³/mol. The molecule has 2 saturated carbocycles. The van der Waals surface area contributed by atoms with Crippen LogP contribution in [0.5, 0.6) is 0 Å². The topological polar surface area (TPSA) is 146 Å². The van der Waals surface area contributed by atoms with Gasteiger partial charge in [-0.25, -0.2) is 4.79 Å². The number of likely N-dealkylation sites (tertiary alicyclic amines) is 1. The Bertz CT molecular complexity index is 959. The van der Waals surface area contributed by atoms with Gasteiger partial charge in [0.05, 0.1) is 6.04 Å². The number of nitrogens with zero attached hydrogens (tertiary/aromatic N) is 1. The number of carbonyl (C=O) groups is 5. The number of ketones is 1. The van der Waals surface area contributed by atoms with Gasteiger partial charge in [-0.3, -0.25) is 24.9 Å². The van der Waals surface area contributed by atoms with E-state index in [1.165, 1.54) is 4.90 Å². The highest BCUT2D eigenvalue weighted by Gasteiger charge is 2.70. The second-order valence-corrected chi connectivity index (χ2v) is 13.6. The SMILES string of the molecule is CC(C)(C)OC(=O)N[C@H](C(=O)N1C[C@H]2[C@@H]([C@H]1C(=O)NC(CC1CCC1)C(=O)C([NH])=O)C2(C)C)C(C)(C)C. The molecule has 1 unspecified atom stereocenters. The van der Waals surface area contributed by atoms with E-state index in [9.17, 15) is 24.0 Å². The molecular weight excluding hydrogens is 476 g/mol. The first-order chi connectivity index (χ1) is 16.8. The van der Waals surface area contributed by atoms with Gasteiger partial charge in [0.2, 0.25) is 17.6 Å². The lowest BCUT2D eigenvalue weighted by molar-refractivity contribution is -0.145. The lowest BCUT2D eigenvalue weighted by atomic mass is 9.80. The lowest BCUT2D eigenvalue weighted by Crippen LogP contribution is -2.60. The molecule has 3 fully saturated rings. The number of piperidine rings is 1. The molecule has 3 rings (SSSR count). The van der Waals surface area contributed by atoms with Crippen molar-refractivity contribution in [3.8, 4) is 0 Å². The minimum Gasteiger partial charge on any atom is -0.444 e. The van der Waals surface area contributed by atoms with Crippen molar-refractivity contribution in [3.05, 3.63) is 0 Å². The van der Waals surface area contributed by atoms with Crippen molar-refractivity contribution in [3.63, 3.8) is 0 Å². The molecular formula is C27H43N4O6. The molecule has 1 radical (unpaired) electrons. The first-order valence-corrected chi connectivity index (χ1v) is 13.2. The number of hydrogen-bond acceptors (Lipinski definition) is 6. The number of hydrogen-bond donors (Lipinski definition) is 2. The van der Waals surface area contributed by atoms with Crippen LogP contribution < -0.4 is 16.4 Å². The maximum atomic E-state index is 13.9. The Hall–Kier alpha value is -2.65. The number of Topliss-reactive ketones (excluding diaryl/α,β-unsaturated/α-hetero) is 1. The fraction of sp³-hybridized carbons (Fsp3) is 0.815. The molecule has 0 aromatic rings. The fourth-order valence-electron chi connectivity index (χ4n) is 5.76. The van der Waals surface area contributed by atoms with Crippen LogP contribution in [0.4, 0.5) is 4.79 Å². The van der Waals surface area contributed by atoms with Crippen LogP contribution in [0.2, 0.25) is 0 Å². The van der Waals surface area contributed by atoms with Crippen molar-refractivity contribution in [1.29, 1.82) is 0 Å². The molecule has 4 amide bonds. The Kier molecular flexibility index (Phi) is 7.74. The van der Waals surface area contributed by atoms with Gasteiger partial charge in [-0.15, -0.1) is 0 Å². The van der Waals surface area contributed by atoms with Gasteiger partial charge < -0.3 is 20.3 Å². The molecule has 0 spiro atoms. The van der Waals surface area contributed by atoms with Gasteiger partial charge in [0.1, 0.15) is 17.7 Å². The summed E-state index contributed by atoms with van der Waals surface area (Å²) in [6.45, 7) is 15.2. The Morgan fingerprint density at radius 2 is 1.62 bits per heavy atom. The molecule has 0 aromatic heterocycles. The van der Waals surface area contributed by atoms with Gasteiger partial charge in [0.25, 0.3) is 0 Å². The van der Waals surface area contributed by atoms with Gasteiger partial charge in [-0.05, 0) is 55.8 Å². The Morgan fingerprint density at radius 3 is 2.08 bits per heavy atom. The number of amides is 4. The smallest absolute Gasteiger partial charge is 0.408 e. The summed E-state index contributed by atoms with van der Waals surface area (Å²) in [5.74, 6) is -2.92. The van der Waals surface area contributed by atoms with Crippen molar-refractivity contribution in [1.82, 2.24) is 21.3 Å². The third-order valence-corrected chi connectivity index (χ3v) is 8.18. The second kappa shape index (κ2) is 9.91. The molecule has 3 aliphatic rings. The van der Waals surface area contributed by atoms with E-state index >= 15 is 0 Å². The van der Waals surface area contributed by atoms with Crippen molar-refractivity contribution >= 4 is 29.6 Å². The van der Waals surface area contributed by atoms with Crippen LogP contribution in [-0.2, 0) is 23.9 Å². The average molecular weight is 520 g/mol. The third kappa shape index (κ3) is 6.26. The summed E-state index contributed by atoms with van der Waals surface area (Å²) in [5.41, 5.74) is 5.73. The highest BCUT2D eigenvalue weighted by Crippen LogP contribution is 2.65. The monoisotopic (exact) mass is 519 g/mol. The van der Waals surface area contributed by atoms with Crippen LogP contribution in [0.15, 0.2) is 0 Å². The van der Waals surface area contributed by atoms with Crippen LogP contribution in [0.3, 0.4) is 0 Å². The van der Waals surface area contributed by atoms with Crippen LogP contribution >= 0.6 is 0 Å². The molecule has 37 heavy (non-hydrogen) atoms. The van der Waals surface area contributed by atoms with E-state index in [1.54, 1.807) is 20.8 Å². The minimum absolute atomic E-state index is 0.105. The van der Waals surface area contributed by atoms with Gasteiger partial charge in [-0.2, -0.15) is 0 Å².